The molecule has 0 saturated carbocycles. The number of alkyl halides is 1. The molecule has 0 bridgehead atoms. The van der Waals surface area contributed by atoms with Gasteiger partial charge in [-0.3, -0.25) is 9.59 Å². The molecule has 1 atom stereocenters. The number of fused-ring (bicyclic) bond motifs is 1. The molecule has 1 aromatic carbocycles. The molecule has 0 aromatic heterocycles. The maximum atomic E-state index is 12.1. The summed E-state index contributed by atoms with van der Waals surface area (Å²) < 4.78 is 0. The molecule has 0 fully saturated rings. The van der Waals surface area contributed by atoms with Gasteiger partial charge in [-0.05, 0) is 30.9 Å². The summed E-state index contributed by atoms with van der Waals surface area (Å²) in [6.07, 6.45) is 0. The van der Waals surface area contributed by atoms with E-state index >= 15 is 0 Å². The van der Waals surface area contributed by atoms with Crippen molar-refractivity contribution >= 4 is 33.3 Å². The van der Waals surface area contributed by atoms with Crippen LogP contribution in [-0.2, 0) is 4.79 Å². The van der Waals surface area contributed by atoms with Gasteiger partial charge in [-0.15, -0.1) is 0 Å². The van der Waals surface area contributed by atoms with Crippen molar-refractivity contribution in [3.63, 3.8) is 0 Å². The second-order valence-corrected chi connectivity index (χ2v) is 6.07. The largest absolute Gasteiger partial charge is 0.304 e. The summed E-state index contributed by atoms with van der Waals surface area (Å²) in [4.78, 5) is 25.7. The normalized spacial score (nSPS) is 16.2. The summed E-state index contributed by atoms with van der Waals surface area (Å²) in [5, 5.41) is 0.823. The molecule has 0 saturated heterocycles. The number of nitrogens with zero attached hydrogens (tertiary/aromatic N) is 1. The third kappa shape index (κ3) is 2.59. The second kappa shape index (κ2) is 5.45. The van der Waals surface area contributed by atoms with Gasteiger partial charge in [-0.2, -0.15) is 0 Å². The van der Waals surface area contributed by atoms with Crippen LogP contribution in [0.4, 0.5) is 5.69 Å². The van der Waals surface area contributed by atoms with Crippen molar-refractivity contribution in [2.24, 2.45) is 11.8 Å². The monoisotopic (exact) mass is 323 g/mol. The van der Waals surface area contributed by atoms with Crippen LogP contribution in [0.5, 0.6) is 0 Å². The fourth-order valence-electron chi connectivity index (χ4n) is 2.27. The van der Waals surface area contributed by atoms with E-state index in [4.69, 9.17) is 0 Å². The molecular formula is C15H18BrNO2. The van der Waals surface area contributed by atoms with E-state index in [-0.39, 0.29) is 5.78 Å². The van der Waals surface area contributed by atoms with Gasteiger partial charge in [0.15, 0.2) is 0 Å². The molecular weight excluding hydrogens is 306 g/mol. The average Bonchev–Trinajstić information content (AvgIpc) is 2.59. The topological polar surface area (TPSA) is 37.4 Å². The maximum absolute atomic E-state index is 12.1. The highest BCUT2D eigenvalue weighted by Crippen LogP contribution is 2.31. The van der Waals surface area contributed by atoms with E-state index in [1.165, 1.54) is 0 Å². The number of ketones is 1. The fourth-order valence-corrected chi connectivity index (χ4v) is 3.22. The lowest BCUT2D eigenvalue weighted by atomic mass is 9.97. The Kier molecular flexibility index (Phi) is 4.09. The SMILES string of the molecule is Cc1ccc2c(c1)C(=O)C(=O)N2CC(CBr)C(C)C. The molecule has 1 aromatic rings. The number of anilines is 1. The van der Waals surface area contributed by atoms with Crippen LogP contribution in [0.3, 0.4) is 0 Å². The standard InChI is InChI=1S/C15H18BrNO2/c1-9(2)11(7-16)8-17-13-5-4-10(3)6-12(13)14(18)15(17)19/h4-6,9,11H,7-8H2,1-3H3. The van der Waals surface area contributed by atoms with Gasteiger partial charge in [0.2, 0.25) is 0 Å². The van der Waals surface area contributed by atoms with E-state index in [9.17, 15) is 9.59 Å². The molecule has 1 heterocycles. The zero-order valence-corrected chi connectivity index (χ0v) is 13.0. The third-order valence-electron chi connectivity index (χ3n) is 3.68. The van der Waals surface area contributed by atoms with Crippen LogP contribution in [0, 0.1) is 18.8 Å². The number of carbonyl (C=O) groups excluding carboxylic acids is 2. The zero-order valence-electron chi connectivity index (χ0n) is 11.4. The van der Waals surface area contributed by atoms with Gasteiger partial charge in [0, 0.05) is 11.9 Å². The van der Waals surface area contributed by atoms with Crippen LogP contribution in [0.1, 0.15) is 29.8 Å². The minimum absolute atomic E-state index is 0.337. The number of aryl methyl sites for hydroxylation is 1. The quantitative estimate of drug-likeness (QED) is 0.630. The lowest BCUT2D eigenvalue weighted by Gasteiger charge is -2.25. The molecule has 4 heteroatoms. The van der Waals surface area contributed by atoms with Crippen LogP contribution < -0.4 is 4.90 Å². The molecule has 0 radical (unpaired) electrons. The molecule has 3 nitrogen and oxygen atoms in total. The van der Waals surface area contributed by atoms with Crippen molar-refractivity contribution in [1.82, 2.24) is 0 Å². The first-order valence-electron chi connectivity index (χ1n) is 6.48. The number of halogens is 1. The summed E-state index contributed by atoms with van der Waals surface area (Å²) in [5.41, 5.74) is 2.30. The van der Waals surface area contributed by atoms with Crippen LogP contribution in [0.15, 0.2) is 18.2 Å². The Balaban J connectivity index is 2.33. The number of carbonyl (C=O) groups is 2. The molecule has 1 amide bonds. The van der Waals surface area contributed by atoms with Crippen LogP contribution >= 0.6 is 15.9 Å². The fraction of sp³-hybridized carbons (Fsp3) is 0.467. The maximum Gasteiger partial charge on any atom is 0.299 e. The van der Waals surface area contributed by atoms with Gasteiger partial charge in [-0.1, -0.05) is 41.4 Å². The molecule has 0 spiro atoms. The molecule has 1 aliphatic heterocycles. The third-order valence-corrected chi connectivity index (χ3v) is 4.52. The van der Waals surface area contributed by atoms with Crippen LogP contribution in [0.2, 0.25) is 0 Å². The van der Waals surface area contributed by atoms with Crippen molar-refractivity contribution in [2.45, 2.75) is 20.8 Å². The number of hydrogen-bond acceptors (Lipinski definition) is 2. The van der Waals surface area contributed by atoms with Gasteiger partial charge in [0.25, 0.3) is 11.7 Å². The van der Waals surface area contributed by atoms with Crippen molar-refractivity contribution in [3.05, 3.63) is 29.3 Å². The van der Waals surface area contributed by atoms with E-state index in [1.807, 2.05) is 19.1 Å². The van der Waals surface area contributed by atoms with Gasteiger partial charge < -0.3 is 4.90 Å². The summed E-state index contributed by atoms with van der Waals surface area (Å²) in [5.74, 6) is 0.0174. The highest BCUT2D eigenvalue weighted by molar-refractivity contribution is 9.09. The first-order valence-corrected chi connectivity index (χ1v) is 7.60. The number of Topliss-reactive ketones (excluding diaryl/α,β-unsaturated/α-hetero) is 1. The van der Waals surface area contributed by atoms with Crippen molar-refractivity contribution in [1.29, 1.82) is 0 Å². The Bertz CT molecular complexity index is 525. The van der Waals surface area contributed by atoms with Gasteiger partial charge >= 0.3 is 0 Å². The Labute approximate surface area is 122 Å². The first-order chi connectivity index (χ1) is 8.95. The van der Waals surface area contributed by atoms with E-state index in [0.717, 1.165) is 16.6 Å². The Morgan fingerprint density at radius 3 is 2.53 bits per heavy atom. The molecule has 19 heavy (non-hydrogen) atoms. The van der Waals surface area contributed by atoms with Gasteiger partial charge in [0.05, 0.1) is 11.3 Å². The molecule has 1 unspecified atom stereocenters. The summed E-state index contributed by atoms with van der Waals surface area (Å²) in [7, 11) is 0. The number of rotatable bonds is 4. The van der Waals surface area contributed by atoms with Crippen molar-refractivity contribution in [2.75, 3.05) is 16.8 Å². The van der Waals surface area contributed by atoms with Crippen molar-refractivity contribution in [3.8, 4) is 0 Å². The van der Waals surface area contributed by atoms with E-state index in [1.54, 1.807) is 11.0 Å². The lowest BCUT2D eigenvalue weighted by molar-refractivity contribution is -0.114. The molecule has 0 N–H and O–H groups in total. The predicted molar refractivity (Wildman–Crippen MR) is 80.0 cm³/mol. The molecule has 2 rings (SSSR count). The summed E-state index contributed by atoms with van der Waals surface area (Å²) >= 11 is 3.49. The number of amides is 1. The Morgan fingerprint density at radius 1 is 1.26 bits per heavy atom. The average molecular weight is 324 g/mol. The molecule has 0 aliphatic carbocycles. The van der Waals surface area contributed by atoms with E-state index < -0.39 is 5.91 Å². The lowest BCUT2D eigenvalue weighted by Crippen LogP contribution is -2.36. The minimum Gasteiger partial charge on any atom is -0.304 e. The Morgan fingerprint density at radius 2 is 1.95 bits per heavy atom. The van der Waals surface area contributed by atoms with Crippen LogP contribution in [0.25, 0.3) is 0 Å². The van der Waals surface area contributed by atoms with Gasteiger partial charge in [-0.25, -0.2) is 0 Å². The van der Waals surface area contributed by atoms with Crippen molar-refractivity contribution < 1.29 is 9.59 Å². The smallest absolute Gasteiger partial charge is 0.299 e. The minimum atomic E-state index is -0.396. The second-order valence-electron chi connectivity index (χ2n) is 5.42. The Hall–Kier alpha value is -1.16. The predicted octanol–water partition coefficient (Wildman–Crippen LogP) is 3.19. The summed E-state index contributed by atoms with van der Waals surface area (Å²) in [6.45, 7) is 6.77. The molecule has 1 aliphatic rings. The van der Waals surface area contributed by atoms with E-state index in [2.05, 4.69) is 29.8 Å². The first kappa shape index (κ1) is 14.3. The number of benzene rings is 1. The summed E-state index contributed by atoms with van der Waals surface area (Å²) in [6, 6.07) is 5.61. The van der Waals surface area contributed by atoms with E-state index in [0.29, 0.717) is 23.9 Å². The van der Waals surface area contributed by atoms with Gasteiger partial charge in [0.1, 0.15) is 0 Å². The highest BCUT2D eigenvalue weighted by atomic mass is 79.9. The van der Waals surface area contributed by atoms with Crippen LogP contribution in [-0.4, -0.2) is 23.6 Å². The highest BCUT2D eigenvalue weighted by Gasteiger charge is 2.36. The molecule has 102 valence electrons. The zero-order chi connectivity index (χ0) is 14.2. The number of hydrogen-bond donors (Lipinski definition) is 0.